The van der Waals surface area contributed by atoms with Crippen molar-refractivity contribution < 1.29 is 9.90 Å². The van der Waals surface area contributed by atoms with Crippen molar-refractivity contribution in [2.75, 3.05) is 0 Å². The number of hydrogen-bond acceptors (Lipinski definition) is 2. The van der Waals surface area contributed by atoms with E-state index in [1.807, 2.05) is 0 Å². The van der Waals surface area contributed by atoms with Crippen molar-refractivity contribution in [1.29, 1.82) is 0 Å². The summed E-state index contributed by atoms with van der Waals surface area (Å²) in [5.74, 6) is -1.03. The van der Waals surface area contributed by atoms with Crippen molar-refractivity contribution in [3.05, 3.63) is 22.9 Å². The lowest BCUT2D eigenvalue weighted by Crippen LogP contribution is -2.23. The van der Waals surface area contributed by atoms with Crippen LogP contribution in [0.25, 0.3) is 0 Å². The summed E-state index contributed by atoms with van der Waals surface area (Å²) >= 11 is 11.1. The van der Waals surface area contributed by atoms with E-state index in [-0.39, 0.29) is 10.7 Å². The molecule has 0 spiro atoms. The van der Waals surface area contributed by atoms with Crippen LogP contribution in [-0.4, -0.2) is 16.6 Å². The van der Waals surface area contributed by atoms with Gasteiger partial charge < -0.3 is 10.4 Å². The fourth-order valence-corrected chi connectivity index (χ4v) is 1.23. The van der Waals surface area contributed by atoms with Crippen molar-refractivity contribution in [3.8, 4) is 0 Å². The molecular formula is C6H5Cl2NO2. The van der Waals surface area contributed by atoms with E-state index < -0.39 is 11.5 Å². The number of carbonyl (C=O) groups is 1. The standard InChI is InChI=1S/C6H5Cl2NO2/c7-4-1-3(6(10)11)2-5(8)9-4/h1-2,4,9H,(H,10,11). The van der Waals surface area contributed by atoms with Gasteiger partial charge in [0.1, 0.15) is 10.7 Å². The number of halogens is 2. The Hall–Kier alpha value is -0.670. The Labute approximate surface area is 73.3 Å². The van der Waals surface area contributed by atoms with E-state index in [2.05, 4.69) is 5.32 Å². The van der Waals surface area contributed by atoms with Gasteiger partial charge in [-0.2, -0.15) is 0 Å². The lowest BCUT2D eigenvalue weighted by molar-refractivity contribution is -0.132. The van der Waals surface area contributed by atoms with Crippen LogP contribution in [0.2, 0.25) is 0 Å². The summed E-state index contributed by atoms with van der Waals surface area (Å²) < 4.78 is 0. The first kappa shape index (κ1) is 8.43. The van der Waals surface area contributed by atoms with Gasteiger partial charge in [-0.15, -0.1) is 0 Å². The summed E-state index contributed by atoms with van der Waals surface area (Å²) in [5, 5.41) is 11.4. The molecule has 0 saturated heterocycles. The lowest BCUT2D eigenvalue weighted by Gasteiger charge is -2.13. The Balaban J connectivity index is 2.87. The van der Waals surface area contributed by atoms with Crippen LogP contribution in [0.5, 0.6) is 0 Å². The third-order valence-electron chi connectivity index (χ3n) is 1.13. The molecule has 1 rings (SSSR count). The molecule has 11 heavy (non-hydrogen) atoms. The average Bonchev–Trinajstić information content (AvgIpc) is 1.85. The Morgan fingerprint density at radius 2 is 2.36 bits per heavy atom. The molecular weight excluding hydrogens is 189 g/mol. The third-order valence-corrected chi connectivity index (χ3v) is 1.58. The topological polar surface area (TPSA) is 49.3 Å². The van der Waals surface area contributed by atoms with E-state index in [0.29, 0.717) is 0 Å². The zero-order valence-corrected chi connectivity index (χ0v) is 6.86. The predicted octanol–water partition coefficient (Wildman–Crippen LogP) is 1.25. The molecule has 5 heteroatoms. The minimum Gasteiger partial charge on any atom is -0.478 e. The summed E-state index contributed by atoms with van der Waals surface area (Å²) in [6.45, 7) is 0. The van der Waals surface area contributed by atoms with Crippen LogP contribution in [0.3, 0.4) is 0 Å². The van der Waals surface area contributed by atoms with Crippen molar-refractivity contribution in [2.24, 2.45) is 0 Å². The number of rotatable bonds is 1. The number of dihydropyridines is 1. The second-order valence-electron chi connectivity index (χ2n) is 1.97. The summed E-state index contributed by atoms with van der Waals surface area (Å²) in [4.78, 5) is 10.4. The second-order valence-corrected chi connectivity index (χ2v) is 2.84. The minimum atomic E-state index is -1.03. The highest BCUT2D eigenvalue weighted by Gasteiger charge is 2.14. The molecule has 0 amide bonds. The van der Waals surface area contributed by atoms with Gasteiger partial charge in [0, 0.05) is 0 Å². The monoisotopic (exact) mass is 193 g/mol. The molecule has 2 N–H and O–H groups in total. The van der Waals surface area contributed by atoms with Gasteiger partial charge in [-0.05, 0) is 12.2 Å². The van der Waals surface area contributed by atoms with Gasteiger partial charge in [0.2, 0.25) is 0 Å². The number of carboxylic acids is 1. The predicted molar refractivity (Wildman–Crippen MR) is 42.4 cm³/mol. The van der Waals surface area contributed by atoms with Gasteiger partial charge in [-0.25, -0.2) is 4.79 Å². The highest BCUT2D eigenvalue weighted by Crippen LogP contribution is 2.14. The molecule has 0 saturated carbocycles. The Morgan fingerprint density at radius 3 is 2.82 bits per heavy atom. The quantitative estimate of drug-likeness (QED) is 0.487. The molecule has 3 nitrogen and oxygen atoms in total. The summed E-state index contributed by atoms with van der Waals surface area (Å²) in [6.07, 6.45) is 2.68. The maximum Gasteiger partial charge on any atom is 0.335 e. The Bertz CT molecular complexity index is 247. The van der Waals surface area contributed by atoms with E-state index in [0.717, 1.165) is 0 Å². The van der Waals surface area contributed by atoms with Crippen LogP contribution in [0.15, 0.2) is 22.9 Å². The largest absolute Gasteiger partial charge is 0.478 e. The molecule has 1 aliphatic heterocycles. The van der Waals surface area contributed by atoms with Crippen LogP contribution in [0, 0.1) is 0 Å². The molecule has 0 bridgehead atoms. The molecule has 0 fully saturated rings. The van der Waals surface area contributed by atoms with Crippen LogP contribution in [0.1, 0.15) is 0 Å². The second kappa shape index (κ2) is 3.15. The van der Waals surface area contributed by atoms with Crippen LogP contribution in [0.4, 0.5) is 0 Å². The third kappa shape index (κ3) is 2.13. The molecule has 0 aromatic rings. The molecule has 1 atom stereocenters. The van der Waals surface area contributed by atoms with Gasteiger partial charge in [0.05, 0.1) is 5.57 Å². The van der Waals surface area contributed by atoms with Gasteiger partial charge >= 0.3 is 5.97 Å². The number of alkyl halides is 1. The first-order valence-electron chi connectivity index (χ1n) is 2.82. The maximum atomic E-state index is 10.4. The molecule has 0 aromatic carbocycles. The van der Waals surface area contributed by atoms with E-state index in [1.54, 1.807) is 0 Å². The van der Waals surface area contributed by atoms with E-state index in [4.69, 9.17) is 28.3 Å². The molecule has 0 radical (unpaired) electrons. The van der Waals surface area contributed by atoms with Gasteiger partial charge in [0.15, 0.2) is 0 Å². The van der Waals surface area contributed by atoms with Crippen LogP contribution in [-0.2, 0) is 4.79 Å². The van der Waals surface area contributed by atoms with E-state index in [1.165, 1.54) is 12.2 Å². The Kier molecular flexibility index (Phi) is 2.42. The zero-order valence-electron chi connectivity index (χ0n) is 5.34. The molecule has 0 aromatic heterocycles. The minimum absolute atomic E-state index is 0.105. The van der Waals surface area contributed by atoms with Crippen LogP contribution >= 0.6 is 23.2 Å². The number of hydrogen-bond donors (Lipinski definition) is 2. The van der Waals surface area contributed by atoms with Crippen molar-refractivity contribution in [3.63, 3.8) is 0 Å². The maximum absolute atomic E-state index is 10.4. The van der Waals surface area contributed by atoms with Gasteiger partial charge in [0.25, 0.3) is 0 Å². The van der Waals surface area contributed by atoms with E-state index in [9.17, 15) is 4.79 Å². The smallest absolute Gasteiger partial charge is 0.335 e. The normalized spacial score (nSPS) is 23.3. The Morgan fingerprint density at radius 1 is 1.73 bits per heavy atom. The van der Waals surface area contributed by atoms with Crippen molar-refractivity contribution in [2.45, 2.75) is 5.50 Å². The van der Waals surface area contributed by atoms with Crippen molar-refractivity contribution >= 4 is 29.2 Å². The highest BCUT2D eigenvalue weighted by atomic mass is 35.5. The summed E-state index contributed by atoms with van der Waals surface area (Å²) in [7, 11) is 0. The fraction of sp³-hybridized carbons (Fsp3) is 0.167. The zero-order chi connectivity index (χ0) is 8.43. The first-order chi connectivity index (χ1) is 5.09. The average molecular weight is 194 g/mol. The molecule has 60 valence electrons. The van der Waals surface area contributed by atoms with Crippen LogP contribution < -0.4 is 5.32 Å². The number of nitrogens with one attached hydrogen (secondary N) is 1. The highest BCUT2D eigenvalue weighted by molar-refractivity contribution is 6.31. The van der Waals surface area contributed by atoms with E-state index >= 15 is 0 Å². The number of aliphatic carboxylic acids is 1. The summed E-state index contributed by atoms with van der Waals surface area (Å²) in [5.41, 5.74) is -0.438. The number of carboxylic acid groups (broad SMARTS) is 1. The summed E-state index contributed by atoms with van der Waals surface area (Å²) in [6, 6.07) is 0. The fourth-order valence-electron chi connectivity index (χ4n) is 0.690. The first-order valence-corrected chi connectivity index (χ1v) is 3.64. The SMILES string of the molecule is O=C(O)C1=CC(Cl)NC(Cl)=C1. The molecule has 1 aliphatic rings. The lowest BCUT2D eigenvalue weighted by atomic mass is 10.2. The molecule has 0 aliphatic carbocycles. The molecule has 1 unspecified atom stereocenters. The van der Waals surface area contributed by atoms with Gasteiger partial charge in [-0.1, -0.05) is 23.2 Å². The molecule has 1 heterocycles. The van der Waals surface area contributed by atoms with Crippen molar-refractivity contribution in [1.82, 2.24) is 5.32 Å². The van der Waals surface area contributed by atoms with Gasteiger partial charge in [-0.3, -0.25) is 0 Å².